The second-order valence-corrected chi connectivity index (χ2v) is 6.65. The van der Waals surface area contributed by atoms with Gasteiger partial charge >= 0.3 is 0 Å². The molecule has 0 aliphatic heterocycles. The molecular formula is C12H20N4OS2. The van der Waals surface area contributed by atoms with Gasteiger partial charge in [0.2, 0.25) is 0 Å². The smallest absolute Gasteiger partial charge is 0.258 e. The van der Waals surface area contributed by atoms with Crippen molar-refractivity contribution in [3.63, 3.8) is 0 Å². The van der Waals surface area contributed by atoms with E-state index in [1.807, 2.05) is 11.8 Å². The summed E-state index contributed by atoms with van der Waals surface area (Å²) in [6, 6.07) is 0.329. The quantitative estimate of drug-likeness (QED) is 0.718. The summed E-state index contributed by atoms with van der Waals surface area (Å²) in [4.78, 5) is 12.1. The van der Waals surface area contributed by atoms with Gasteiger partial charge in [0.1, 0.15) is 10.6 Å². The molecule has 1 aliphatic carbocycles. The molecule has 5 nitrogen and oxygen atoms in total. The van der Waals surface area contributed by atoms with E-state index in [1.54, 1.807) is 0 Å². The summed E-state index contributed by atoms with van der Waals surface area (Å²) < 4.78 is 4.08. The molecule has 1 aromatic heterocycles. The summed E-state index contributed by atoms with van der Waals surface area (Å²) in [5, 5.41) is 7.03. The summed E-state index contributed by atoms with van der Waals surface area (Å²) in [5.41, 5.74) is 6.31. The van der Waals surface area contributed by atoms with Crippen LogP contribution in [0, 0.1) is 5.92 Å². The van der Waals surface area contributed by atoms with Crippen molar-refractivity contribution < 1.29 is 4.79 Å². The van der Waals surface area contributed by atoms with E-state index in [9.17, 15) is 4.79 Å². The van der Waals surface area contributed by atoms with Crippen LogP contribution < -0.4 is 16.4 Å². The Kier molecular flexibility index (Phi) is 4.93. The fourth-order valence-electron chi connectivity index (χ4n) is 1.74. The molecule has 1 atom stereocenters. The van der Waals surface area contributed by atoms with Crippen LogP contribution in [0.4, 0.5) is 10.8 Å². The zero-order chi connectivity index (χ0) is 13.8. The summed E-state index contributed by atoms with van der Waals surface area (Å²) in [6.07, 6.45) is 4.23. The van der Waals surface area contributed by atoms with Crippen LogP contribution in [0.2, 0.25) is 0 Å². The SMILES string of the molecule is CSCC(C)CNc1snc(N)c1C(=O)NC1CC1. The third kappa shape index (κ3) is 4.01. The van der Waals surface area contributed by atoms with Crippen LogP contribution in [0.25, 0.3) is 0 Å². The zero-order valence-electron chi connectivity index (χ0n) is 11.2. The summed E-state index contributed by atoms with van der Waals surface area (Å²) in [7, 11) is 0. The van der Waals surface area contributed by atoms with E-state index in [2.05, 4.69) is 28.2 Å². The van der Waals surface area contributed by atoms with Crippen LogP contribution in [-0.4, -0.2) is 34.9 Å². The number of nitrogens with two attached hydrogens (primary N) is 1. The average molecular weight is 300 g/mol. The van der Waals surface area contributed by atoms with Gasteiger partial charge in [0.05, 0.1) is 0 Å². The number of nitrogens with zero attached hydrogens (tertiary/aromatic N) is 1. The lowest BCUT2D eigenvalue weighted by Gasteiger charge is -2.12. The highest BCUT2D eigenvalue weighted by Gasteiger charge is 2.27. The van der Waals surface area contributed by atoms with Crippen LogP contribution in [-0.2, 0) is 0 Å². The molecule has 1 heterocycles. The molecule has 1 aliphatic rings. The second-order valence-electron chi connectivity index (χ2n) is 4.96. The van der Waals surface area contributed by atoms with Crippen LogP contribution in [0.3, 0.4) is 0 Å². The highest BCUT2D eigenvalue weighted by molar-refractivity contribution is 7.98. The Morgan fingerprint density at radius 2 is 2.37 bits per heavy atom. The summed E-state index contributed by atoms with van der Waals surface area (Å²) >= 11 is 3.08. The van der Waals surface area contributed by atoms with E-state index in [0.29, 0.717) is 23.3 Å². The Bertz CT molecular complexity index is 445. The van der Waals surface area contributed by atoms with E-state index in [0.717, 1.165) is 30.1 Å². The number of thioether (sulfide) groups is 1. The van der Waals surface area contributed by atoms with Crippen LogP contribution in [0.5, 0.6) is 0 Å². The van der Waals surface area contributed by atoms with E-state index >= 15 is 0 Å². The first-order chi connectivity index (χ1) is 9.11. The van der Waals surface area contributed by atoms with Gasteiger partial charge in [-0.2, -0.15) is 16.1 Å². The number of carbonyl (C=O) groups excluding carboxylic acids is 1. The van der Waals surface area contributed by atoms with Crippen LogP contribution in [0.15, 0.2) is 0 Å². The summed E-state index contributed by atoms with van der Waals surface area (Å²) in [5.74, 6) is 1.85. The molecule has 0 spiro atoms. The second kappa shape index (κ2) is 6.47. The number of anilines is 2. The molecule has 106 valence electrons. The van der Waals surface area contributed by atoms with Crippen molar-refractivity contribution in [3.05, 3.63) is 5.56 Å². The predicted octanol–water partition coefficient (Wildman–Crippen LogP) is 2.03. The lowest BCUT2D eigenvalue weighted by atomic mass is 10.2. The summed E-state index contributed by atoms with van der Waals surface area (Å²) in [6.45, 7) is 3.00. The van der Waals surface area contributed by atoms with Gasteiger partial charge in [-0.15, -0.1) is 0 Å². The highest BCUT2D eigenvalue weighted by atomic mass is 32.2. The predicted molar refractivity (Wildman–Crippen MR) is 83.1 cm³/mol. The Morgan fingerprint density at radius 1 is 1.63 bits per heavy atom. The lowest BCUT2D eigenvalue weighted by molar-refractivity contribution is 0.0953. The van der Waals surface area contributed by atoms with Gasteiger partial charge in [-0.05, 0) is 42.3 Å². The van der Waals surface area contributed by atoms with Crippen molar-refractivity contribution in [3.8, 4) is 0 Å². The van der Waals surface area contributed by atoms with Crippen LogP contribution >= 0.6 is 23.3 Å². The number of rotatable bonds is 7. The van der Waals surface area contributed by atoms with Gasteiger partial charge in [0.25, 0.3) is 5.91 Å². The first-order valence-electron chi connectivity index (χ1n) is 6.40. The zero-order valence-corrected chi connectivity index (χ0v) is 12.9. The van der Waals surface area contributed by atoms with E-state index in [1.165, 1.54) is 11.5 Å². The van der Waals surface area contributed by atoms with E-state index in [-0.39, 0.29) is 5.91 Å². The van der Waals surface area contributed by atoms with Crippen molar-refractivity contribution in [1.82, 2.24) is 9.69 Å². The van der Waals surface area contributed by atoms with Gasteiger partial charge in [0.15, 0.2) is 5.82 Å². The fraction of sp³-hybridized carbons (Fsp3) is 0.667. The van der Waals surface area contributed by atoms with Gasteiger partial charge in [-0.3, -0.25) is 4.79 Å². The Morgan fingerprint density at radius 3 is 3.00 bits per heavy atom. The molecule has 0 aromatic carbocycles. The largest absolute Gasteiger partial charge is 0.382 e. The number of hydrogen-bond acceptors (Lipinski definition) is 6. The topological polar surface area (TPSA) is 80.0 Å². The van der Waals surface area contributed by atoms with Crippen molar-refractivity contribution >= 4 is 40.0 Å². The average Bonchev–Trinajstić information content (AvgIpc) is 3.09. The first kappa shape index (κ1) is 14.5. The fourth-order valence-corrected chi connectivity index (χ4v) is 3.14. The minimum atomic E-state index is -0.103. The molecule has 1 saturated carbocycles. The van der Waals surface area contributed by atoms with Gasteiger partial charge in [0, 0.05) is 12.6 Å². The molecular weight excluding hydrogens is 280 g/mol. The standard InChI is InChI=1S/C12H20N4OS2/c1-7(6-18-2)5-14-12-9(10(13)16-19-12)11(17)15-8-3-4-8/h7-8,14H,3-6H2,1-2H3,(H2,13,16)(H,15,17). The molecule has 4 N–H and O–H groups in total. The highest BCUT2D eigenvalue weighted by Crippen LogP contribution is 2.28. The number of carbonyl (C=O) groups is 1. The van der Waals surface area contributed by atoms with Crippen molar-refractivity contribution in [2.45, 2.75) is 25.8 Å². The number of amides is 1. The normalized spacial score (nSPS) is 16.1. The monoisotopic (exact) mass is 300 g/mol. The molecule has 0 bridgehead atoms. The molecule has 7 heteroatoms. The van der Waals surface area contributed by atoms with Crippen LogP contribution in [0.1, 0.15) is 30.1 Å². The maximum atomic E-state index is 12.1. The van der Waals surface area contributed by atoms with Gasteiger partial charge in [-0.25, -0.2) is 0 Å². The number of aromatic nitrogens is 1. The molecule has 19 heavy (non-hydrogen) atoms. The van der Waals surface area contributed by atoms with Crippen molar-refractivity contribution in [1.29, 1.82) is 0 Å². The number of nitrogen functional groups attached to an aromatic ring is 1. The maximum Gasteiger partial charge on any atom is 0.258 e. The van der Waals surface area contributed by atoms with Crippen molar-refractivity contribution in [2.75, 3.05) is 29.6 Å². The lowest BCUT2D eigenvalue weighted by Crippen LogP contribution is -2.27. The number of hydrogen-bond donors (Lipinski definition) is 3. The minimum Gasteiger partial charge on any atom is -0.382 e. The third-order valence-corrected chi connectivity index (χ3v) is 4.64. The van der Waals surface area contributed by atoms with Gasteiger partial charge in [-0.1, -0.05) is 6.92 Å². The Hall–Kier alpha value is -0.950. The van der Waals surface area contributed by atoms with Crippen molar-refractivity contribution in [2.24, 2.45) is 5.92 Å². The molecule has 1 unspecified atom stereocenters. The molecule has 0 saturated heterocycles. The molecule has 2 rings (SSSR count). The molecule has 0 radical (unpaired) electrons. The Labute approximate surface area is 121 Å². The maximum absolute atomic E-state index is 12.1. The third-order valence-electron chi connectivity index (χ3n) is 2.92. The van der Waals surface area contributed by atoms with E-state index in [4.69, 9.17) is 5.73 Å². The van der Waals surface area contributed by atoms with Gasteiger partial charge < -0.3 is 16.4 Å². The first-order valence-corrected chi connectivity index (χ1v) is 8.57. The molecule has 1 amide bonds. The number of nitrogens with one attached hydrogen (secondary N) is 2. The minimum absolute atomic E-state index is 0.103. The Balaban J connectivity index is 1.97. The molecule has 1 fully saturated rings. The van der Waals surface area contributed by atoms with E-state index < -0.39 is 0 Å². The molecule has 1 aromatic rings.